The van der Waals surface area contributed by atoms with Crippen molar-refractivity contribution in [2.75, 3.05) is 0 Å². The summed E-state index contributed by atoms with van der Waals surface area (Å²) in [5.74, 6) is -0.133. The first-order valence-electron chi connectivity index (χ1n) is 7.00. The van der Waals surface area contributed by atoms with Crippen molar-refractivity contribution >= 4 is 17.2 Å². The van der Waals surface area contributed by atoms with Crippen LogP contribution in [0.3, 0.4) is 0 Å². The zero-order chi connectivity index (χ0) is 15.3. The number of rotatable bonds is 6. The average molecular weight is 303 g/mol. The van der Waals surface area contributed by atoms with E-state index in [1.54, 1.807) is 6.20 Å². The summed E-state index contributed by atoms with van der Waals surface area (Å²) >= 11 is 1.53. The molecule has 1 atom stereocenters. The number of hydrogen-bond donors (Lipinski definition) is 2. The molecule has 0 aliphatic carbocycles. The second-order valence-electron chi connectivity index (χ2n) is 5.58. The molecular weight excluding hydrogens is 282 g/mol. The molecule has 2 aromatic rings. The minimum atomic E-state index is -0.510. The lowest BCUT2D eigenvalue weighted by atomic mass is 10.0. The van der Waals surface area contributed by atoms with E-state index >= 15 is 0 Å². The molecule has 0 saturated heterocycles. The third-order valence-electron chi connectivity index (χ3n) is 3.33. The summed E-state index contributed by atoms with van der Waals surface area (Å²) in [6, 6.07) is 9.55. The van der Waals surface area contributed by atoms with Crippen LogP contribution in [-0.2, 0) is 16.8 Å². The van der Waals surface area contributed by atoms with Gasteiger partial charge in [-0.3, -0.25) is 4.79 Å². The van der Waals surface area contributed by atoms with Crippen molar-refractivity contribution in [1.82, 2.24) is 10.3 Å². The molecule has 112 valence electrons. The Morgan fingerprint density at radius 3 is 2.71 bits per heavy atom. The Hall–Kier alpha value is -1.72. The van der Waals surface area contributed by atoms with Crippen LogP contribution >= 0.6 is 11.3 Å². The van der Waals surface area contributed by atoms with Crippen LogP contribution in [0.2, 0.25) is 0 Å². The third kappa shape index (κ3) is 4.37. The van der Waals surface area contributed by atoms with Crippen LogP contribution in [-0.4, -0.2) is 16.9 Å². The quantitative estimate of drug-likeness (QED) is 0.861. The SMILES string of the molecule is CC(C)(NC(=O)[C@@H](N)CCc1ccccc1)c1nccs1. The molecule has 0 unspecified atom stereocenters. The first-order valence-corrected chi connectivity index (χ1v) is 7.88. The van der Waals surface area contributed by atoms with Crippen molar-refractivity contribution in [3.8, 4) is 0 Å². The summed E-state index contributed by atoms with van der Waals surface area (Å²) in [7, 11) is 0. The number of carbonyl (C=O) groups is 1. The Balaban J connectivity index is 1.88. The van der Waals surface area contributed by atoms with Crippen LogP contribution in [0.15, 0.2) is 41.9 Å². The molecule has 0 saturated carbocycles. The van der Waals surface area contributed by atoms with Gasteiger partial charge in [0.1, 0.15) is 5.01 Å². The molecule has 0 fully saturated rings. The Labute approximate surface area is 129 Å². The zero-order valence-corrected chi connectivity index (χ0v) is 13.2. The maximum Gasteiger partial charge on any atom is 0.237 e. The van der Waals surface area contributed by atoms with Gasteiger partial charge in [-0.05, 0) is 32.3 Å². The van der Waals surface area contributed by atoms with E-state index in [0.717, 1.165) is 11.4 Å². The summed E-state index contributed by atoms with van der Waals surface area (Å²) in [6.45, 7) is 3.88. The van der Waals surface area contributed by atoms with Crippen LogP contribution in [0.5, 0.6) is 0 Å². The zero-order valence-electron chi connectivity index (χ0n) is 12.4. The number of nitrogens with two attached hydrogens (primary N) is 1. The second-order valence-corrected chi connectivity index (χ2v) is 6.48. The molecule has 1 amide bonds. The van der Waals surface area contributed by atoms with Gasteiger partial charge in [-0.15, -0.1) is 11.3 Å². The molecule has 0 bridgehead atoms. The highest BCUT2D eigenvalue weighted by Crippen LogP contribution is 2.22. The molecular formula is C16H21N3OS. The van der Waals surface area contributed by atoms with E-state index < -0.39 is 11.6 Å². The Bertz CT molecular complexity index is 566. The standard InChI is InChI=1S/C16H21N3OS/c1-16(2,15-18-10-11-21-15)19-14(20)13(17)9-8-12-6-4-3-5-7-12/h3-7,10-11,13H,8-9,17H2,1-2H3,(H,19,20)/t13-/m0/s1. The Kier molecular flexibility index (Phi) is 5.09. The van der Waals surface area contributed by atoms with Crippen molar-refractivity contribution in [2.45, 2.75) is 38.3 Å². The van der Waals surface area contributed by atoms with Crippen molar-refractivity contribution in [2.24, 2.45) is 5.73 Å². The highest BCUT2D eigenvalue weighted by molar-refractivity contribution is 7.09. The number of carbonyl (C=O) groups excluding carboxylic acids is 1. The highest BCUT2D eigenvalue weighted by atomic mass is 32.1. The minimum absolute atomic E-state index is 0.133. The summed E-state index contributed by atoms with van der Waals surface area (Å²) in [5.41, 5.74) is 6.70. The van der Waals surface area contributed by atoms with Crippen LogP contribution in [0.1, 0.15) is 30.8 Å². The fourth-order valence-electron chi connectivity index (χ4n) is 2.08. The number of aryl methyl sites for hydroxylation is 1. The predicted molar refractivity (Wildman–Crippen MR) is 86.0 cm³/mol. The third-order valence-corrected chi connectivity index (χ3v) is 4.42. The molecule has 1 heterocycles. The molecule has 2 rings (SSSR count). The molecule has 4 nitrogen and oxygen atoms in total. The highest BCUT2D eigenvalue weighted by Gasteiger charge is 2.27. The summed E-state index contributed by atoms with van der Waals surface area (Å²) < 4.78 is 0. The lowest BCUT2D eigenvalue weighted by Gasteiger charge is -2.25. The summed E-state index contributed by atoms with van der Waals surface area (Å²) in [6.07, 6.45) is 3.17. The fraction of sp³-hybridized carbons (Fsp3) is 0.375. The average Bonchev–Trinajstić information content (AvgIpc) is 3.00. The van der Waals surface area contributed by atoms with E-state index in [0.29, 0.717) is 6.42 Å². The predicted octanol–water partition coefficient (Wildman–Crippen LogP) is 2.45. The number of aromatic nitrogens is 1. The van der Waals surface area contributed by atoms with E-state index in [9.17, 15) is 4.79 Å². The van der Waals surface area contributed by atoms with Crippen molar-refractivity contribution in [3.63, 3.8) is 0 Å². The van der Waals surface area contributed by atoms with Gasteiger partial charge in [0.2, 0.25) is 5.91 Å². The van der Waals surface area contributed by atoms with Gasteiger partial charge in [0.15, 0.2) is 0 Å². The van der Waals surface area contributed by atoms with Gasteiger partial charge in [0, 0.05) is 11.6 Å². The normalized spacial score (nSPS) is 12.9. The van der Waals surface area contributed by atoms with Crippen LogP contribution in [0.4, 0.5) is 0 Å². The minimum Gasteiger partial charge on any atom is -0.343 e. The molecule has 0 aliphatic heterocycles. The smallest absolute Gasteiger partial charge is 0.237 e. The van der Waals surface area contributed by atoms with Gasteiger partial charge in [-0.2, -0.15) is 0 Å². The number of hydrogen-bond acceptors (Lipinski definition) is 4. The van der Waals surface area contributed by atoms with Crippen LogP contribution in [0, 0.1) is 0 Å². The fourth-order valence-corrected chi connectivity index (χ4v) is 2.80. The Morgan fingerprint density at radius 1 is 1.38 bits per heavy atom. The molecule has 3 N–H and O–H groups in total. The first-order chi connectivity index (χ1) is 9.99. The monoisotopic (exact) mass is 303 g/mol. The van der Waals surface area contributed by atoms with Crippen molar-refractivity contribution in [1.29, 1.82) is 0 Å². The largest absolute Gasteiger partial charge is 0.343 e. The molecule has 5 heteroatoms. The molecule has 1 aromatic heterocycles. The van der Waals surface area contributed by atoms with Crippen LogP contribution < -0.4 is 11.1 Å². The van der Waals surface area contributed by atoms with Gasteiger partial charge in [0.05, 0.1) is 11.6 Å². The van der Waals surface area contributed by atoms with E-state index in [4.69, 9.17) is 5.73 Å². The maximum absolute atomic E-state index is 12.2. The lowest BCUT2D eigenvalue weighted by Crippen LogP contribution is -2.49. The number of nitrogens with one attached hydrogen (secondary N) is 1. The van der Waals surface area contributed by atoms with Crippen molar-refractivity contribution in [3.05, 3.63) is 52.5 Å². The van der Waals surface area contributed by atoms with Gasteiger partial charge in [-0.1, -0.05) is 30.3 Å². The van der Waals surface area contributed by atoms with E-state index in [1.807, 2.05) is 49.6 Å². The van der Waals surface area contributed by atoms with E-state index in [1.165, 1.54) is 16.9 Å². The molecule has 21 heavy (non-hydrogen) atoms. The number of nitrogens with zero attached hydrogens (tertiary/aromatic N) is 1. The van der Waals surface area contributed by atoms with Crippen LogP contribution in [0.25, 0.3) is 0 Å². The van der Waals surface area contributed by atoms with E-state index in [2.05, 4.69) is 10.3 Å². The lowest BCUT2D eigenvalue weighted by molar-refractivity contribution is -0.124. The van der Waals surface area contributed by atoms with E-state index in [-0.39, 0.29) is 5.91 Å². The topological polar surface area (TPSA) is 68.0 Å². The Morgan fingerprint density at radius 2 is 2.10 bits per heavy atom. The van der Waals surface area contributed by atoms with Gasteiger partial charge >= 0.3 is 0 Å². The van der Waals surface area contributed by atoms with Crippen molar-refractivity contribution < 1.29 is 4.79 Å². The molecule has 0 radical (unpaired) electrons. The molecule has 0 spiro atoms. The summed E-state index contributed by atoms with van der Waals surface area (Å²) in [4.78, 5) is 16.5. The number of amides is 1. The molecule has 0 aliphatic rings. The van der Waals surface area contributed by atoms with Gasteiger partial charge in [0.25, 0.3) is 0 Å². The van der Waals surface area contributed by atoms with Gasteiger partial charge in [-0.25, -0.2) is 4.98 Å². The number of thiazole rings is 1. The summed E-state index contributed by atoms with van der Waals surface area (Å²) in [5, 5.41) is 5.76. The second kappa shape index (κ2) is 6.83. The number of benzene rings is 1. The maximum atomic E-state index is 12.2. The van der Waals surface area contributed by atoms with Gasteiger partial charge < -0.3 is 11.1 Å². The molecule has 1 aromatic carbocycles. The first kappa shape index (κ1) is 15.7.